The van der Waals surface area contributed by atoms with E-state index < -0.39 is 11.9 Å². The Labute approximate surface area is 123 Å². The van der Waals surface area contributed by atoms with Crippen LogP contribution in [0.1, 0.15) is 31.2 Å². The number of hydrogen-bond donors (Lipinski definition) is 3. The average molecular weight is 288 g/mol. The molecule has 1 fully saturated rings. The number of carboxylic acids is 1. The predicted octanol–water partition coefficient (Wildman–Crippen LogP) is 2.04. The molecule has 4 N–H and O–H groups in total. The second-order valence-electron chi connectivity index (χ2n) is 5.35. The van der Waals surface area contributed by atoms with E-state index in [1.807, 2.05) is 12.1 Å². The van der Waals surface area contributed by atoms with Crippen LogP contribution in [0.5, 0.6) is 0 Å². The highest BCUT2D eigenvalue weighted by molar-refractivity contribution is 5.92. The second kappa shape index (κ2) is 6.92. The summed E-state index contributed by atoms with van der Waals surface area (Å²) in [6.45, 7) is 0. The lowest BCUT2D eigenvalue weighted by molar-refractivity contribution is -0.144. The van der Waals surface area contributed by atoms with Gasteiger partial charge in [-0.3, -0.25) is 9.59 Å². The Balaban J connectivity index is 1.95. The fraction of sp³-hybridized carbons (Fsp3) is 0.375. The number of amides is 1. The van der Waals surface area contributed by atoms with Crippen LogP contribution in [-0.2, 0) is 9.59 Å². The molecule has 2 rings (SSSR count). The number of benzene rings is 1. The zero-order chi connectivity index (χ0) is 15.2. The van der Waals surface area contributed by atoms with Crippen molar-refractivity contribution in [1.29, 1.82) is 0 Å². The van der Waals surface area contributed by atoms with Gasteiger partial charge in [0.2, 0.25) is 5.91 Å². The van der Waals surface area contributed by atoms with Crippen molar-refractivity contribution in [3.8, 4) is 0 Å². The fourth-order valence-corrected chi connectivity index (χ4v) is 2.66. The van der Waals surface area contributed by atoms with Crippen molar-refractivity contribution in [3.05, 3.63) is 35.9 Å². The molecule has 0 aromatic heterocycles. The Hall–Kier alpha value is -2.30. The molecule has 1 aliphatic carbocycles. The maximum atomic E-state index is 11.9. The molecule has 21 heavy (non-hydrogen) atoms. The molecule has 0 aliphatic heterocycles. The Morgan fingerprint density at radius 1 is 1.29 bits per heavy atom. The third-order valence-electron chi connectivity index (χ3n) is 3.75. The summed E-state index contributed by atoms with van der Waals surface area (Å²) < 4.78 is 0. The largest absolute Gasteiger partial charge is 0.481 e. The van der Waals surface area contributed by atoms with Crippen LogP contribution in [0.3, 0.4) is 0 Å². The first-order chi connectivity index (χ1) is 10.1. The molecule has 1 aromatic carbocycles. The average Bonchev–Trinajstić information content (AvgIpc) is 2.45. The second-order valence-corrected chi connectivity index (χ2v) is 5.35. The fourth-order valence-electron chi connectivity index (χ4n) is 2.66. The van der Waals surface area contributed by atoms with E-state index in [1.165, 1.54) is 6.08 Å². The van der Waals surface area contributed by atoms with Crippen LogP contribution in [0.25, 0.3) is 6.08 Å². The lowest BCUT2D eigenvalue weighted by Gasteiger charge is -2.28. The van der Waals surface area contributed by atoms with Gasteiger partial charge < -0.3 is 16.2 Å². The Bertz CT molecular complexity index is 554. The molecule has 5 heteroatoms. The van der Waals surface area contributed by atoms with E-state index in [1.54, 1.807) is 18.2 Å². The smallest absolute Gasteiger partial charge is 0.308 e. The van der Waals surface area contributed by atoms with Crippen molar-refractivity contribution in [1.82, 2.24) is 5.32 Å². The van der Waals surface area contributed by atoms with Crippen molar-refractivity contribution in [3.63, 3.8) is 0 Å². The molecule has 112 valence electrons. The molecule has 2 atom stereocenters. The van der Waals surface area contributed by atoms with E-state index in [-0.39, 0.29) is 11.9 Å². The van der Waals surface area contributed by atoms with Crippen LogP contribution in [0.2, 0.25) is 0 Å². The van der Waals surface area contributed by atoms with Gasteiger partial charge >= 0.3 is 5.97 Å². The zero-order valence-corrected chi connectivity index (χ0v) is 11.8. The molecular formula is C16H20N2O3. The quantitative estimate of drug-likeness (QED) is 0.584. The van der Waals surface area contributed by atoms with Gasteiger partial charge in [0, 0.05) is 17.8 Å². The molecule has 0 saturated heterocycles. The minimum atomic E-state index is -0.834. The summed E-state index contributed by atoms with van der Waals surface area (Å²) in [6.07, 6.45) is 6.29. The van der Waals surface area contributed by atoms with Gasteiger partial charge in [-0.2, -0.15) is 0 Å². The molecule has 0 spiro atoms. The Kier molecular flexibility index (Phi) is 4.98. The molecular weight excluding hydrogens is 268 g/mol. The van der Waals surface area contributed by atoms with Crippen LogP contribution in [0.4, 0.5) is 5.69 Å². The number of rotatable bonds is 4. The summed E-state index contributed by atoms with van der Waals surface area (Å²) in [7, 11) is 0. The lowest BCUT2D eigenvalue weighted by Crippen LogP contribution is -2.44. The minimum absolute atomic E-state index is 0.268. The van der Waals surface area contributed by atoms with Crippen molar-refractivity contribution in [2.45, 2.75) is 31.7 Å². The summed E-state index contributed by atoms with van der Waals surface area (Å²) in [5, 5.41) is 12.0. The number of nitrogens with two attached hydrogens (primary N) is 1. The predicted molar refractivity (Wildman–Crippen MR) is 81.4 cm³/mol. The Morgan fingerprint density at radius 3 is 2.76 bits per heavy atom. The number of anilines is 1. The SMILES string of the molecule is Nc1cccc(/C=C/C(=O)NC2CCCCC2C(=O)O)c1. The minimum Gasteiger partial charge on any atom is -0.481 e. The maximum absolute atomic E-state index is 11.9. The van der Waals surface area contributed by atoms with E-state index in [0.29, 0.717) is 12.1 Å². The molecule has 1 aromatic rings. The molecule has 0 bridgehead atoms. The van der Waals surface area contributed by atoms with Crippen molar-refractivity contribution >= 4 is 23.6 Å². The topological polar surface area (TPSA) is 92.4 Å². The third-order valence-corrected chi connectivity index (χ3v) is 3.75. The van der Waals surface area contributed by atoms with Crippen LogP contribution in [0, 0.1) is 5.92 Å². The zero-order valence-electron chi connectivity index (χ0n) is 11.8. The van der Waals surface area contributed by atoms with Crippen molar-refractivity contribution in [2.75, 3.05) is 5.73 Å². The van der Waals surface area contributed by atoms with Crippen LogP contribution in [-0.4, -0.2) is 23.0 Å². The number of carbonyl (C=O) groups excluding carboxylic acids is 1. The van der Waals surface area contributed by atoms with Gasteiger partial charge in [0.05, 0.1) is 5.92 Å². The van der Waals surface area contributed by atoms with E-state index in [9.17, 15) is 14.7 Å². The van der Waals surface area contributed by atoms with Crippen LogP contribution >= 0.6 is 0 Å². The van der Waals surface area contributed by atoms with E-state index in [0.717, 1.165) is 24.8 Å². The molecule has 1 aliphatic rings. The molecule has 5 nitrogen and oxygen atoms in total. The summed E-state index contributed by atoms with van der Waals surface area (Å²) in [5.74, 6) is -1.58. The normalized spacial score (nSPS) is 22.1. The maximum Gasteiger partial charge on any atom is 0.308 e. The molecule has 0 heterocycles. The van der Waals surface area contributed by atoms with E-state index >= 15 is 0 Å². The van der Waals surface area contributed by atoms with Gasteiger partial charge in [-0.05, 0) is 36.6 Å². The third kappa shape index (κ3) is 4.34. The Morgan fingerprint density at radius 2 is 2.05 bits per heavy atom. The number of carbonyl (C=O) groups is 2. The van der Waals surface area contributed by atoms with Gasteiger partial charge in [-0.15, -0.1) is 0 Å². The van der Waals surface area contributed by atoms with Gasteiger partial charge in [0.15, 0.2) is 0 Å². The summed E-state index contributed by atoms with van der Waals surface area (Å²) >= 11 is 0. The van der Waals surface area contributed by atoms with Crippen molar-refractivity contribution in [2.24, 2.45) is 5.92 Å². The molecule has 2 unspecified atom stereocenters. The monoisotopic (exact) mass is 288 g/mol. The first kappa shape index (κ1) is 15.1. The summed E-state index contributed by atoms with van der Waals surface area (Å²) in [6, 6.07) is 6.92. The first-order valence-electron chi connectivity index (χ1n) is 7.13. The van der Waals surface area contributed by atoms with E-state index in [2.05, 4.69) is 5.32 Å². The summed E-state index contributed by atoms with van der Waals surface area (Å²) in [4.78, 5) is 23.1. The molecule has 0 radical (unpaired) electrons. The van der Waals surface area contributed by atoms with Gasteiger partial charge in [0.25, 0.3) is 0 Å². The van der Waals surface area contributed by atoms with Crippen molar-refractivity contribution < 1.29 is 14.7 Å². The number of carboxylic acid groups (broad SMARTS) is 1. The van der Waals surface area contributed by atoms with Gasteiger partial charge in [-0.25, -0.2) is 0 Å². The highest BCUT2D eigenvalue weighted by Crippen LogP contribution is 2.24. The molecule has 1 saturated carbocycles. The highest BCUT2D eigenvalue weighted by Gasteiger charge is 2.31. The number of nitrogen functional groups attached to an aromatic ring is 1. The highest BCUT2D eigenvalue weighted by atomic mass is 16.4. The summed E-state index contributed by atoms with van der Waals surface area (Å²) in [5.41, 5.74) is 7.14. The number of nitrogens with one attached hydrogen (secondary N) is 1. The lowest BCUT2D eigenvalue weighted by atomic mass is 9.84. The van der Waals surface area contributed by atoms with Gasteiger partial charge in [0.1, 0.15) is 0 Å². The van der Waals surface area contributed by atoms with Crippen LogP contribution in [0.15, 0.2) is 30.3 Å². The first-order valence-corrected chi connectivity index (χ1v) is 7.13. The number of aliphatic carboxylic acids is 1. The number of hydrogen-bond acceptors (Lipinski definition) is 3. The van der Waals surface area contributed by atoms with E-state index in [4.69, 9.17) is 5.73 Å². The standard InChI is InChI=1S/C16H20N2O3/c17-12-5-3-4-11(10-12)8-9-15(19)18-14-7-2-1-6-13(14)16(20)21/h3-5,8-10,13-14H,1-2,6-7,17H2,(H,18,19)(H,20,21)/b9-8+. The van der Waals surface area contributed by atoms with Gasteiger partial charge in [-0.1, -0.05) is 25.0 Å². The molecule has 1 amide bonds. The van der Waals surface area contributed by atoms with Crippen LogP contribution < -0.4 is 11.1 Å².